The van der Waals surface area contributed by atoms with Crippen molar-refractivity contribution >= 4 is 22.6 Å². The number of imidazole rings is 1. The lowest BCUT2D eigenvalue weighted by molar-refractivity contribution is -0.146. The Kier molecular flexibility index (Phi) is 3.78. The molecule has 1 fully saturated rings. The van der Waals surface area contributed by atoms with Gasteiger partial charge in [-0.15, -0.1) is 0 Å². The number of nitrogens with zero attached hydrogens (tertiary/aromatic N) is 3. The Labute approximate surface area is 175 Å². The molecule has 3 heterocycles. The Balaban J connectivity index is 1.52. The summed E-state index contributed by atoms with van der Waals surface area (Å²) in [6.07, 6.45) is 2.84. The summed E-state index contributed by atoms with van der Waals surface area (Å²) in [5, 5.41) is 3.94. The Bertz CT molecular complexity index is 1160. The second kappa shape index (κ2) is 6.32. The van der Waals surface area contributed by atoms with Gasteiger partial charge in [0, 0.05) is 24.7 Å². The van der Waals surface area contributed by atoms with Crippen LogP contribution in [0.5, 0.6) is 0 Å². The van der Waals surface area contributed by atoms with E-state index in [1.54, 1.807) is 0 Å². The van der Waals surface area contributed by atoms with Gasteiger partial charge in [0.2, 0.25) is 5.91 Å². The highest BCUT2D eigenvalue weighted by atomic mass is 16.5. The molecule has 3 aromatic rings. The lowest BCUT2D eigenvalue weighted by Gasteiger charge is -2.46. The van der Waals surface area contributed by atoms with Crippen LogP contribution in [0.2, 0.25) is 0 Å². The number of carbonyl (C=O) groups is 1. The number of carbonyl (C=O) groups excluding carboxylic acids is 1. The average molecular weight is 402 g/mol. The van der Waals surface area contributed by atoms with Gasteiger partial charge in [-0.2, -0.15) is 0 Å². The van der Waals surface area contributed by atoms with E-state index in [2.05, 4.69) is 53.3 Å². The van der Waals surface area contributed by atoms with Crippen molar-refractivity contribution in [3.05, 3.63) is 58.9 Å². The zero-order chi connectivity index (χ0) is 20.5. The molecule has 6 nitrogen and oxygen atoms in total. The second-order valence-electron chi connectivity index (χ2n) is 9.00. The van der Waals surface area contributed by atoms with Crippen LogP contribution in [0.25, 0.3) is 11.0 Å². The van der Waals surface area contributed by atoms with Crippen LogP contribution in [-0.4, -0.2) is 45.7 Å². The van der Waals surface area contributed by atoms with Gasteiger partial charge in [-0.05, 0) is 43.4 Å². The number of amides is 1. The van der Waals surface area contributed by atoms with Gasteiger partial charge in [0.15, 0.2) is 0 Å². The van der Waals surface area contributed by atoms with Gasteiger partial charge in [0.1, 0.15) is 17.9 Å². The van der Waals surface area contributed by atoms with Gasteiger partial charge in [-0.3, -0.25) is 4.79 Å². The first-order valence-corrected chi connectivity index (χ1v) is 10.7. The molecule has 3 aliphatic rings. The number of rotatable bonds is 1. The van der Waals surface area contributed by atoms with Crippen LogP contribution in [0.3, 0.4) is 0 Å². The third kappa shape index (κ3) is 2.53. The maximum atomic E-state index is 12.8. The van der Waals surface area contributed by atoms with Crippen molar-refractivity contribution < 1.29 is 9.53 Å². The first-order chi connectivity index (χ1) is 14.5. The van der Waals surface area contributed by atoms with Crippen molar-refractivity contribution in [3.63, 3.8) is 0 Å². The summed E-state index contributed by atoms with van der Waals surface area (Å²) in [4.78, 5) is 19.7. The summed E-state index contributed by atoms with van der Waals surface area (Å²) in [6, 6.07) is 13.1. The first-order valence-electron chi connectivity index (χ1n) is 10.7. The minimum atomic E-state index is -0.0976. The van der Waals surface area contributed by atoms with E-state index in [1.807, 2.05) is 11.8 Å². The number of hydrogen-bond acceptors (Lipinski definition) is 4. The lowest BCUT2D eigenvalue weighted by atomic mass is 9.79. The normalized spacial score (nSPS) is 22.3. The maximum Gasteiger partial charge on any atom is 0.249 e. The van der Waals surface area contributed by atoms with E-state index in [9.17, 15) is 4.79 Å². The van der Waals surface area contributed by atoms with E-state index < -0.39 is 0 Å². The highest BCUT2D eigenvalue weighted by Gasteiger charge is 2.46. The van der Waals surface area contributed by atoms with Gasteiger partial charge in [0.05, 0.1) is 23.9 Å². The molecule has 30 heavy (non-hydrogen) atoms. The molecular formula is C24H26N4O2. The monoisotopic (exact) mass is 402 g/mol. The van der Waals surface area contributed by atoms with E-state index in [0.29, 0.717) is 13.2 Å². The number of nitrogens with one attached hydrogen (secondary N) is 1. The fourth-order valence-electron chi connectivity index (χ4n) is 5.66. The number of benzene rings is 2. The zero-order valence-corrected chi connectivity index (χ0v) is 17.4. The molecule has 1 atom stereocenters. The second-order valence-corrected chi connectivity index (χ2v) is 9.00. The Hall–Kier alpha value is -2.86. The molecule has 0 saturated carbocycles. The van der Waals surface area contributed by atoms with Crippen LogP contribution in [-0.2, 0) is 29.4 Å². The van der Waals surface area contributed by atoms with Crippen LogP contribution in [0.1, 0.15) is 35.0 Å². The predicted molar refractivity (Wildman–Crippen MR) is 116 cm³/mol. The van der Waals surface area contributed by atoms with Crippen LogP contribution < -0.4 is 5.32 Å². The van der Waals surface area contributed by atoms with Crippen molar-refractivity contribution in [2.75, 3.05) is 25.1 Å². The lowest BCUT2D eigenvalue weighted by Crippen LogP contribution is -2.51. The number of aryl methyl sites for hydroxylation is 2. The molecule has 6 rings (SSSR count). The molecule has 1 unspecified atom stereocenters. The molecule has 1 amide bonds. The van der Waals surface area contributed by atoms with Crippen molar-refractivity contribution in [1.82, 2.24) is 14.5 Å². The number of anilines is 1. The highest BCUT2D eigenvalue weighted by Crippen LogP contribution is 2.48. The standard InChI is InChI=1S/C24H26N4O2/c1-15-25-23-19(27(15)2)8-7-18-20(28-9-10-30-14-21(28)29)13-24(26-22(18)23)11-16-5-3-4-6-17(16)12-24/h3-8,20,26H,9-14H2,1-2H3. The molecule has 2 aliphatic heterocycles. The molecule has 2 aromatic carbocycles. The fourth-order valence-corrected chi connectivity index (χ4v) is 5.66. The molecule has 1 aliphatic carbocycles. The van der Waals surface area contributed by atoms with Crippen molar-refractivity contribution in [1.29, 1.82) is 0 Å². The molecule has 1 saturated heterocycles. The van der Waals surface area contributed by atoms with Gasteiger partial charge >= 0.3 is 0 Å². The maximum absolute atomic E-state index is 12.8. The predicted octanol–water partition coefficient (Wildman–Crippen LogP) is 3.13. The summed E-state index contributed by atoms with van der Waals surface area (Å²) in [5.74, 6) is 1.08. The zero-order valence-electron chi connectivity index (χ0n) is 17.4. The Morgan fingerprint density at radius 2 is 1.93 bits per heavy atom. The van der Waals surface area contributed by atoms with Crippen molar-refractivity contribution in [2.24, 2.45) is 7.05 Å². The Morgan fingerprint density at radius 1 is 1.17 bits per heavy atom. The van der Waals surface area contributed by atoms with Gasteiger partial charge in [0.25, 0.3) is 0 Å². The molecule has 0 bridgehead atoms. The summed E-state index contributed by atoms with van der Waals surface area (Å²) >= 11 is 0. The summed E-state index contributed by atoms with van der Waals surface area (Å²) in [7, 11) is 2.06. The van der Waals surface area contributed by atoms with Crippen LogP contribution in [0, 0.1) is 6.92 Å². The number of ether oxygens (including phenoxy) is 1. The van der Waals surface area contributed by atoms with Gasteiger partial charge < -0.3 is 19.5 Å². The first kappa shape index (κ1) is 18.0. The summed E-state index contributed by atoms with van der Waals surface area (Å²) < 4.78 is 7.56. The third-order valence-electron chi connectivity index (χ3n) is 7.22. The van der Waals surface area contributed by atoms with Gasteiger partial charge in [-0.25, -0.2) is 4.98 Å². The van der Waals surface area contributed by atoms with Gasteiger partial charge in [-0.1, -0.05) is 30.3 Å². The van der Waals surface area contributed by atoms with E-state index in [1.165, 1.54) is 16.7 Å². The van der Waals surface area contributed by atoms with E-state index in [0.717, 1.165) is 41.8 Å². The molecule has 0 radical (unpaired) electrons. The molecule has 6 heteroatoms. The number of fused-ring (bicyclic) bond motifs is 4. The van der Waals surface area contributed by atoms with Crippen LogP contribution >= 0.6 is 0 Å². The fraction of sp³-hybridized carbons (Fsp3) is 0.417. The number of morpholine rings is 1. The van der Waals surface area contributed by atoms with Crippen molar-refractivity contribution in [2.45, 2.75) is 37.8 Å². The number of aromatic nitrogens is 2. The van der Waals surface area contributed by atoms with E-state index in [4.69, 9.17) is 9.72 Å². The SMILES string of the molecule is Cc1nc2c3c(ccc2n1C)C(N1CCOCC1=O)CC1(Cc2ccccc2C1)N3. The topological polar surface area (TPSA) is 59.4 Å². The van der Waals surface area contributed by atoms with E-state index in [-0.39, 0.29) is 24.1 Å². The smallest absolute Gasteiger partial charge is 0.249 e. The third-order valence-corrected chi connectivity index (χ3v) is 7.22. The molecule has 1 spiro atoms. The summed E-state index contributed by atoms with van der Waals surface area (Å²) in [5.41, 5.74) is 7.12. The quantitative estimate of drug-likeness (QED) is 0.679. The summed E-state index contributed by atoms with van der Waals surface area (Å²) in [6.45, 7) is 3.46. The average Bonchev–Trinajstić information content (AvgIpc) is 3.24. The minimum absolute atomic E-state index is 0.0404. The molecule has 1 N–H and O–H groups in total. The Morgan fingerprint density at radius 3 is 2.67 bits per heavy atom. The molecule has 1 aromatic heterocycles. The van der Waals surface area contributed by atoms with Crippen LogP contribution in [0.15, 0.2) is 36.4 Å². The molecular weight excluding hydrogens is 376 g/mol. The molecule has 154 valence electrons. The number of hydrogen-bond donors (Lipinski definition) is 1. The highest BCUT2D eigenvalue weighted by molar-refractivity contribution is 5.93. The largest absolute Gasteiger partial charge is 0.377 e. The van der Waals surface area contributed by atoms with Crippen molar-refractivity contribution in [3.8, 4) is 0 Å². The minimum Gasteiger partial charge on any atom is -0.377 e. The van der Waals surface area contributed by atoms with E-state index >= 15 is 0 Å². The van der Waals surface area contributed by atoms with Crippen LogP contribution in [0.4, 0.5) is 5.69 Å².